The second-order valence-electron chi connectivity index (χ2n) is 3.78. The van der Waals surface area contributed by atoms with Crippen LogP contribution in [0.4, 0.5) is 5.69 Å². The van der Waals surface area contributed by atoms with Gasteiger partial charge in [0.2, 0.25) is 5.91 Å². The Hall–Kier alpha value is -1.39. The van der Waals surface area contributed by atoms with Crippen LogP contribution in [0.25, 0.3) is 0 Å². The molecule has 0 radical (unpaired) electrons. The van der Waals surface area contributed by atoms with Crippen LogP contribution in [-0.2, 0) is 16.0 Å². The fourth-order valence-corrected chi connectivity index (χ4v) is 1.50. The molecular weight excluding hydrogens is 216 g/mol. The Bertz CT molecular complexity index is 353. The van der Waals surface area contributed by atoms with Crippen molar-refractivity contribution in [1.82, 2.24) is 0 Å². The lowest BCUT2D eigenvalue weighted by Crippen LogP contribution is -2.18. The van der Waals surface area contributed by atoms with Crippen molar-refractivity contribution in [2.24, 2.45) is 5.73 Å². The van der Waals surface area contributed by atoms with E-state index >= 15 is 0 Å². The minimum Gasteiger partial charge on any atom is -0.372 e. The molecule has 17 heavy (non-hydrogen) atoms. The maximum atomic E-state index is 11.4. The fourth-order valence-electron chi connectivity index (χ4n) is 1.50. The smallest absolute Gasteiger partial charge is 0.250 e. The van der Waals surface area contributed by atoms with Crippen LogP contribution < -0.4 is 11.1 Å². The first-order valence-electron chi connectivity index (χ1n) is 5.93. The molecule has 0 atom stereocenters. The molecular formula is C13H20N2O2. The summed E-state index contributed by atoms with van der Waals surface area (Å²) in [5, 5.41) is 2.80. The van der Waals surface area contributed by atoms with E-state index in [1.54, 1.807) is 0 Å². The normalized spacial score (nSPS) is 10.2. The third-order valence-electron chi connectivity index (χ3n) is 2.32. The first-order valence-corrected chi connectivity index (χ1v) is 5.93. The molecule has 4 heteroatoms. The molecule has 0 saturated heterocycles. The second kappa shape index (κ2) is 7.81. The molecule has 0 heterocycles. The van der Waals surface area contributed by atoms with Gasteiger partial charge in [0.05, 0.1) is 0 Å². The summed E-state index contributed by atoms with van der Waals surface area (Å²) in [4.78, 5) is 11.4. The first kappa shape index (κ1) is 13.7. The number of benzene rings is 1. The first-order chi connectivity index (χ1) is 8.26. The van der Waals surface area contributed by atoms with E-state index in [-0.39, 0.29) is 12.5 Å². The predicted octanol–water partition coefficient (Wildman–Crippen LogP) is 1.55. The average Bonchev–Trinajstić information content (AvgIpc) is 2.34. The summed E-state index contributed by atoms with van der Waals surface area (Å²) < 4.78 is 5.03. The van der Waals surface area contributed by atoms with Gasteiger partial charge in [0.1, 0.15) is 6.61 Å². The molecule has 0 aromatic heterocycles. The molecule has 0 unspecified atom stereocenters. The third kappa shape index (κ3) is 5.47. The van der Waals surface area contributed by atoms with E-state index in [0.717, 1.165) is 18.5 Å². The fraction of sp³-hybridized carbons (Fsp3) is 0.462. The van der Waals surface area contributed by atoms with Gasteiger partial charge in [-0.2, -0.15) is 0 Å². The van der Waals surface area contributed by atoms with E-state index in [2.05, 4.69) is 5.32 Å². The number of aryl methyl sites for hydroxylation is 1. The quantitative estimate of drug-likeness (QED) is 0.755. The second-order valence-corrected chi connectivity index (χ2v) is 3.78. The lowest BCUT2D eigenvalue weighted by molar-refractivity contribution is -0.120. The predicted molar refractivity (Wildman–Crippen MR) is 68.9 cm³/mol. The van der Waals surface area contributed by atoms with Gasteiger partial charge in [-0.1, -0.05) is 12.1 Å². The molecule has 1 rings (SSSR count). The molecule has 0 aliphatic rings. The Balaban J connectivity index is 2.50. The maximum absolute atomic E-state index is 11.4. The van der Waals surface area contributed by atoms with Crippen molar-refractivity contribution >= 4 is 11.6 Å². The molecule has 0 bridgehead atoms. The molecule has 0 aliphatic heterocycles. The van der Waals surface area contributed by atoms with E-state index in [0.29, 0.717) is 13.2 Å². The van der Waals surface area contributed by atoms with E-state index < -0.39 is 0 Å². The monoisotopic (exact) mass is 236 g/mol. The van der Waals surface area contributed by atoms with Crippen LogP contribution in [-0.4, -0.2) is 25.7 Å². The topological polar surface area (TPSA) is 64.3 Å². The molecule has 1 amide bonds. The van der Waals surface area contributed by atoms with Crippen molar-refractivity contribution in [1.29, 1.82) is 0 Å². The van der Waals surface area contributed by atoms with Crippen LogP contribution >= 0.6 is 0 Å². The number of hydrogen-bond acceptors (Lipinski definition) is 3. The van der Waals surface area contributed by atoms with Gasteiger partial charge in [0, 0.05) is 12.3 Å². The number of nitrogens with one attached hydrogen (secondary N) is 1. The van der Waals surface area contributed by atoms with E-state index in [9.17, 15) is 4.79 Å². The standard InChI is InChI=1S/C13H20N2O2/c1-2-17-10-13(16)15-12-7-3-5-11(9-12)6-4-8-14/h3,5,7,9H,2,4,6,8,10,14H2,1H3,(H,15,16). The highest BCUT2D eigenvalue weighted by molar-refractivity contribution is 5.91. The summed E-state index contributed by atoms with van der Waals surface area (Å²) in [6.07, 6.45) is 1.89. The largest absolute Gasteiger partial charge is 0.372 e. The molecule has 1 aromatic rings. The van der Waals surface area contributed by atoms with Crippen molar-refractivity contribution in [2.45, 2.75) is 19.8 Å². The van der Waals surface area contributed by atoms with Gasteiger partial charge >= 0.3 is 0 Å². The zero-order chi connectivity index (χ0) is 12.5. The minimum absolute atomic E-state index is 0.101. The van der Waals surface area contributed by atoms with Crippen molar-refractivity contribution in [2.75, 3.05) is 25.1 Å². The highest BCUT2D eigenvalue weighted by Crippen LogP contribution is 2.12. The summed E-state index contributed by atoms with van der Waals surface area (Å²) >= 11 is 0. The number of rotatable bonds is 7. The van der Waals surface area contributed by atoms with Crippen LogP contribution in [0.15, 0.2) is 24.3 Å². The van der Waals surface area contributed by atoms with Gasteiger partial charge in [-0.3, -0.25) is 4.79 Å². The van der Waals surface area contributed by atoms with Gasteiger partial charge < -0.3 is 15.8 Å². The summed E-state index contributed by atoms with van der Waals surface area (Å²) in [6, 6.07) is 7.81. The maximum Gasteiger partial charge on any atom is 0.250 e. The Morgan fingerprint density at radius 1 is 1.47 bits per heavy atom. The SMILES string of the molecule is CCOCC(=O)Nc1cccc(CCCN)c1. The van der Waals surface area contributed by atoms with Crippen LogP contribution in [0, 0.1) is 0 Å². The van der Waals surface area contributed by atoms with Gasteiger partial charge in [-0.15, -0.1) is 0 Å². The summed E-state index contributed by atoms with van der Waals surface area (Å²) in [7, 11) is 0. The van der Waals surface area contributed by atoms with Crippen molar-refractivity contribution in [3.05, 3.63) is 29.8 Å². The Morgan fingerprint density at radius 2 is 2.29 bits per heavy atom. The molecule has 0 aliphatic carbocycles. The average molecular weight is 236 g/mol. The Morgan fingerprint density at radius 3 is 3.00 bits per heavy atom. The highest BCUT2D eigenvalue weighted by atomic mass is 16.5. The molecule has 0 fully saturated rings. The van der Waals surface area contributed by atoms with Gasteiger partial charge in [-0.05, 0) is 44.0 Å². The van der Waals surface area contributed by atoms with Gasteiger partial charge in [0.15, 0.2) is 0 Å². The van der Waals surface area contributed by atoms with Crippen molar-refractivity contribution in [3.63, 3.8) is 0 Å². The summed E-state index contributed by atoms with van der Waals surface area (Å²) in [6.45, 7) is 3.19. The van der Waals surface area contributed by atoms with Crippen molar-refractivity contribution < 1.29 is 9.53 Å². The molecule has 0 saturated carbocycles. The molecule has 0 spiro atoms. The lowest BCUT2D eigenvalue weighted by atomic mass is 10.1. The number of carbonyl (C=O) groups excluding carboxylic acids is 1. The third-order valence-corrected chi connectivity index (χ3v) is 2.32. The van der Waals surface area contributed by atoms with Crippen LogP contribution in [0.5, 0.6) is 0 Å². The Kier molecular flexibility index (Phi) is 6.29. The molecule has 3 N–H and O–H groups in total. The van der Waals surface area contributed by atoms with Gasteiger partial charge in [-0.25, -0.2) is 0 Å². The zero-order valence-electron chi connectivity index (χ0n) is 10.2. The minimum atomic E-state index is -0.122. The van der Waals surface area contributed by atoms with Crippen LogP contribution in [0.1, 0.15) is 18.9 Å². The van der Waals surface area contributed by atoms with Crippen LogP contribution in [0.2, 0.25) is 0 Å². The van der Waals surface area contributed by atoms with E-state index in [1.807, 2.05) is 31.2 Å². The molecule has 1 aromatic carbocycles. The van der Waals surface area contributed by atoms with Gasteiger partial charge in [0.25, 0.3) is 0 Å². The van der Waals surface area contributed by atoms with E-state index in [1.165, 1.54) is 5.56 Å². The zero-order valence-corrected chi connectivity index (χ0v) is 10.2. The number of carbonyl (C=O) groups is 1. The van der Waals surface area contributed by atoms with E-state index in [4.69, 9.17) is 10.5 Å². The number of anilines is 1. The Labute approximate surface area is 102 Å². The molecule has 94 valence electrons. The number of amides is 1. The number of ether oxygens (including phenoxy) is 1. The van der Waals surface area contributed by atoms with Crippen molar-refractivity contribution in [3.8, 4) is 0 Å². The summed E-state index contributed by atoms with van der Waals surface area (Å²) in [5.74, 6) is -0.122. The summed E-state index contributed by atoms with van der Waals surface area (Å²) in [5.41, 5.74) is 7.46. The molecule has 4 nitrogen and oxygen atoms in total. The number of nitrogens with two attached hydrogens (primary N) is 1. The lowest BCUT2D eigenvalue weighted by Gasteiger charge is -2.07. The van der Waals surface area contributed by atoms with Crippen LogP contribution in [0.3, 0.4) is 0 Å². The number of hydrogen-bond donors (Lipinski definition) is 2. The highest BCUT2D eigenvalue weighted by Gasteiger charge is 2.02.